The van der Waals surface area contributed by atoms with Crippen LogP contribution in [0.15, 0.2) is 22.8 Å². The van der Waals surface area contributed by atoms with Crippen molar-refractivity contribution in [2.75, 3.05) is 11.3 Å². The van der Waals surface area contributed by atoms with E-state index in [1.54, 1.807) is 0 Å². The maximum atomic E-state index is 13.3. The lowest BCUT2D eigenvalue weighted by molar-refractivity contribution is 0.297. The van der Waals surface area contributed by atoms with Crippen LogP contribution in [-0.2, 0) is 16.6 Å². The average Bonchev–Trinajstić information content (AvgIpc) is 2.94. The minimum atomic E-state index is -3.47. The average molecular weight is 343 g/mol. The maximum absolute atomic E-state index is 13.3. The summed E-state index contributed by atoms with van der Waals surface area (Å²) in [6.45, 7) is 1.26. The summed E-state index contributed by atoms with van der Waals surface area (Å²) in [5.41, 5.74) is 0.300. The van der Waals surface area contributed by atoms with Gasteiger partial charge < -0.3 is 0 Å². The Bertz CT molecular complexity index is 836. The lowest BCUT2D eigenvalue weighted by atomic mass is 10.2. The Hall–Kier alpha value is -2.37. The van der Waals surface area contributed by atoms with Gasteiger partial charge in [0, 0.05) is 0 Å². The molecule has 1 aromatic heterocycles. The Kier molecular flexibility index (Phi) is 4.73. The fourth-order valence-corrected chi connectivity index (χ4v) is 2.09. The van der Waals surface area contributed by atoms with Gasteiger partial charge in [-0.3, -0.25) is 10.6 Å². The lowest BCUT2D eigenvalue weighted by Crippen LogP contribution is -2.30. The number of hydroxylamine groups is 1. The number of hydrogen-bond donors (Lipinski definition) is 3. The normalized spacial score (nSPS) is 11.5. The molecule has 0 aliphatic carbocycles. The van der Waals surface area contributed by atoms with Crippen molar-refractivity contribution in [3.63, 3.8) is 0 Å². The first-order valence-electron chi connectivity index (χ1n) is 6.29. The van der Waals surface area contributed by atoms with E-state index in [9.17, 15) is 18.0 Å². The van der Waals surface area contributed by atoms with Crippen molar-refractivity contribution in [1.82, 2.24) is 15.0 Å². The molecule has 3 N–H and O–H groups in total. The highest BCUT2D eigenvalue weighted by Crippen LogP contribution is 2.19. The van der Waals surface area contributed by atoms with Crippen LogP contribution in [0.1, 0.15) is 17.0 Å². The number of amidine groups is 1. The van der Waals surface area contributed by atoms with E-state index in [1.165, 1.54) is 19.1 Å². The van der Waals surface area contributed by atoms with Gasteiger partial charge in [0.15, 0.2) is 11.5 Å². The SMILES string of the molecule is Cc1cc(N(O)C(=N)c2nonc2CNS(C)(=O)=O)ccc1F. The molecule has 0 bridgehead atoms. The molecule has 0 radical (unpaired) electrons. The molecule has 0 aliphatic heterocycles. The number of benzene rings is 1. The van der Waals surface area contributed by atoms with E-state index in [-0.39, 0.29) is 29.2 Å². The van der Waals surface area contributed by atoms with Gasteiger partial charge in [0.1, 0.15) is 11.5 Å². The summed E-state index contributed by atoms with van der Waals surface area (Å²) in [6, 6.07) is 3.76. The zero-order valence-electron chi connectivity index (χ0n) is 12.2. The number of nitrogens with one attached hydrogen (secondary N) is 2. The summed E-state index contributed by atoms with van der Waals surface area (Å²) in [7, 11) is -3.47. The van der Waals surface area contributed by atoms with E-state index in [0.29, 0.717) is 5.06 Å². The third-order valence-corrected chi connectivity index (χ3v) is 3.55. The van der Waals surface area contributed by atoms with Crippen molar-refractivity contribution in [3.8, 4) is 0 Å². The zero-order valence-corrected chi connectivity index (χ0v) is 13.1. The largest absolute Gasteiger partial charge is 0.282 e. The molecule has 23 heavy (non-hydrogen) atoms. The highest BCUT2D eigenvalue weighted by molar-refractivity contribution is 7.88. The monoisotopic (exact) mass is 343 g/mol. The second kappa shape index (κ2) is 6.40. The van der Waals surface area contributed by atoms with Crippen LogP contribution < -0.4 is 9.79 Å². The molecule has 0 aliphatic rings. The van der Waals surface area contributed by atoms with Crippen molar-refractivity contribution in [1.29, 1.82) is 5.41 Å². The number of hydrogen-bond acceptors (Lipinski definition) is 7. The molecule has 124 valence electrons. The Labute approximate surface area is 131 Å². The molecule has 11 heteroatoms. The molecule has 1 aromatic carbocycles. The van der Waals surface area contributed by atoms with Gasteiger partial charge in [-0.2, -0.15) is 0 Å². The molecule has 0 spiro atoms. The summed E-state index contributed by atoms with van der Waals surface area (Å²) < 4.78 is 42.1. The first-order valence-corrected chi connectivity index (χ1v) is 8.18. The molecule has 2 rings (SSSR count). The first kappa shape index (κ1) is 17.0. The number of rotatable bonds is 5. The van der Waals surface area contributed by atoms with Crippen LogP contribution in [0.2, 0.25) is 0 Å². The lowest BCUT2D eigenvalue weighted by Gasteiger charge is -2.17. The standard InChI is InChI=1S/C12H14FN5O4S/c1-7-5-8(3-4-9(7)13)18(19)12(14)11-10(16-22-17-11)6-15-23(2,20)21/h3-5,14-15,19H,6H2,1-2H3. The molecule has 1 heterocycles. The Balaban J connectivity index is 2.23. The first-order chi connectivity index (χ1) is 10.7. The van der Waals surface area contributed by atoms with Crippen LogP contribution in [0.4, 0.5) is 10.1 Å². The van der Waals surface area contributed by atoms with Crippen LogP contribution in [0, 0.1) is 18.2 Å². The van der Waals surface area contributed by atoms with Crippen LogP contribution in [-0.4, -0.2) is 36.0 Å². The smallest absolute Gasteiger partial charge is 0.209 e. The predicted octanol–water partition coefficient (Wildman–Crippen LogP) is 0.787. The highest BCUT2D eigenvalue weighted by Gasteiger charge is 2.22. The molecular formula is C12H14FN5O4S. The van der Waals surface area contributed by atoms with E-state index >= 15 is 0 Å². The van der Waals surface area contributed by atoms with Crippen molar-refractivity contribution in [2.45, 2.75) is 13.5 Å². The number of aryl methyl sites for hydroxylation is 1. The van der Waals surface area contributed by atoms with Gasteiger partial charge in [-0.1, -0.05) is 5.16 Å². The van der Waals surface area contributed by atoms with Crippen LogP contribution in [0.3, 0.4) is 0 Å². The summed E-state index contributed by atoms with van der Waals surface area (Å²) in [5.74, 6) is -0.947. The number of sulfonamides is 1. The van der Waals surface area contributed by atoms with Crippen molar-refractivity contribution >= 4 is 21.5 Å². The third kappa shape index (κ3) is 4.09. The van der Waals surface area contributed by atoms with Gasteiger partial charge in [0.05, 0.1) is 18.5 Å². The third-order valence-electron chi connectivity index (χ3n) is 2.88. The predicted molar refractivity (Wildman–Crippen MR) is 78.2 cm³/mol. The van der Waals surface area contributed by atoms with Crippen molar-refractivity contribution in [2.24, 2.45) is 0 Å². The fraction of sp³-hybridized carbons (Fsp3) is 0.250. The van der Waals surface area contributed by atoms with Crippen molar-refractivity contribution in [3.05, 3.63) is 41.0 Å². The molecule has 2 aromatic rings. The minimum absolute atomic E-state index is 0.0262. The fourth-order valence-electron chi connectivity index (χ4n) is 1.69. The Morgan fingerprint density at radius 1 is 1.48 bits per heavy atom. The van der Waals surface area contributed by atoms with E-state index in [0.717, 1.165) is 12.3 Å². The van der Waals surface area contributed by atoms with E-state index in [1.807, 2.05) is 0 Å². The zero-order chi connectivity index (χ0) is 17.2. The van der Waals surface area contributed by atoms with Crippen molar-refractivity contribution < 1.29 is 22.6 Å². The molecule has 0 amide bonds. The van der Waals surface area contributed by atoms with Crippen LogP contribution in [0.25, 0.3) is 0 Å². The van der Waals surface area contributed by atoms with Crippen LogP contribution in [0.5, 0.6) is 0 Å². The minimum Gasteiger partial charge on any atom is -0.282 e. The quantitative estimate of drug-likeness (QED) is 0.415. The summed E-state index contributed by atoms with van der Waals surface area (Å²) in [6.07, 6.45) is 0.963. The second-order valence-corrected chi connectivity index (χ2v) is 6.58. The number of anilines is 1. The maximum Gasteiger partial charge on any atom is 0.209 e. The van der Waals surface area contributed by atoms with Crippen LogP contribution >= 0.6 is 0 Å². The van der Waals surface area contributed by atoms with Gasteiger partial charge in [0.2, 0.25) is 10.0 Å². The number of aromatic nitrogens is 2. The number of halogens is 1. The highest BCUT2D eigenvalue weighted by atomic mass is 32.2. The van der Waals surface area contributed by atoms with Gasteiger partial charge in [-0.15, -0.1) is 0 Å². The summed E-state index contributed by atoms with van der Waals surface area (Å²) >= 11 is 0. The topological polar surface area (TPSA) is 132 Å². The molecule has 0 saturated heterocycles. The Morgan fingerprint density at radius 3 is 2.78 bits per heavy atom. The summed E-state index contributed by atoms with van der Waals surface area (Å²) in [4.78, 5) is 0. The number of nitrogens with zero attached hydrogens (tertiary/aromatic N) is 3. The van der Waals surface area contributed by atoms with E-state index < -0.39 is 21.7 Å². The van der Waals surface area contributed by atoms with E-state index in [2.05, 4.69) is 19.7 Å². The molecule has 9 nitrogen and oxygen atoms in total. The molecule has 0 unspecified atom stereocenters. The van der Waals surface area contributed by atoms with Gasteiger partial charge >= 0.3 is 0 Å². The van der Waals surface area contributed by atoms with Gasteiger partial charge in [-0.05, 0) is 35.8 Å². The molecule has 0 saturated carbocycles. The van der Waals surface area contributed by atoms with Gasteiger partial charge in [0.25, 0.3) is 0 Å². The Morgan fingerprint density at radius 2 is 2.17 bits per heavy atom. The van der Waals surface area contributed by atoms with Gasteiger partial charge in [-0.25, -0.2) is 27.2 Å². The second-order valence-electron chi connectivity index (χ2n) is 4.75. The summed E-state index contributed by atoms with van der Waals surface area (Å²) in [5, 5.41) is 25.4. The van der Waals surface area contributed by atoms with E-state index in [4.69, 9.17) is 5.41 Å². The molecule has 0 fully saturated rings. The molecular weight excluding hydrogens is 329 g/mol. The molecule has 0 atom stereocenters.